The molecule has 1 spiro atoms. The lowest BCUT2D eigenvalue weighted by Gasteiger charge is -2.38. The van der Waals surface area contributed by atoms with Crippen LogP contribution in [0.4, 0.5) is 0 Å². The summed E-state index contributed by atoms with van der Waals surface area (Å²) in [5.41, 5.74) is -0.367. The smallest absolute Gasteiger partial charge is 0.310 e. The van der Waals surface area contributed by atoms with Gasteiger partial charge in [-0.3, -0.25) is 10.1 Å². The Kier molecular flexibility index (Phi) is 7.80. The quantitative estimate of drug-likeness (QED) is 0.504. The average molecular weight is 326 g/mol. The van der Waals surface area contributed by atoms with Gasteiger partial charge in [0.25, 0.3) is 0 Å². The predicted octanol–water partition coefficient (Wildman–Crippen LogP) is 2.59. The summed E-state index contributed by atoms with van der Waals surface area (Å²) >= 11 is 0. The number of carbonyl (C=O) groups excluding carboxylic acids is 1. The number of hydrogen-bond acceptors (Lipinski definition) is 5. The molecule has 23 heavy (non-hydrogen) atoms. The molecular formula is C18H34N2O3. The maximum Gasteiger partial charge on any atom is 0.310 e. The molecule has 2 aliphatic rings. The second-order valence-electron chi connectivity index (χ2n) is 7.07. The van der Waals surface area contributed by atoms with E-state index in [2.05, 4.69) is 17.6 Å². The number of rotatable bonds is 9. The molecular weight excluding hydrogens is 292 g/mol. The molecule has 2 rings (SSSR count). The Morgan fingerprint density at radius 3 is 2.78 bits per heavy atom. The van der Waals surface area contributed by atoms with E-state index in [1.807, 2.05) is 6.92 Å². The first-order chi connectivity index (χ1) is 11.2. The summed E-state index contributed by atoms with van der Waals surface area (Å²) in [5.74, 6) is -0.122. The lowest BCUT2D eigenvalue weighted by molar-refractivity contribution is -0.179. The minimum atomic E-state index is -0.367. The molecule has 2 N–H and O–H groups in total. The molecule has 2 saturated heterocycles. The van der Waals surface area contributed by atoms with Crippen LogP contribution in [-0.4, -0.2) is 44.0 Å². The Morgan fingerprint density at radius 1 is 1.26 bits per heavy atom. The molecule has 0 aromatic rings. The van der Waals surface area contributed by atoms with E-state index in [4.69, 9.17) is 9.47 Å². The highest BCUT2D eigenvalue weighted by atomic mass is 16.6. The Hall–Kier alpha value is -0.650. The van der Waals surface area contributed by atoms with Crippen molar-refractivity contribution in [3.63, 3.8) is 0 Å². The number of nitrogens with one attached hydrogen (secondary N) is 2. The summed E-state index contributed by atoms with van der Waals surface area (Å²) in [6.07, 6.45) is 9.02. The van der Waals surface area contributed by atoms with Crippen LogP contribution in [0.5, 0.6) is 0 Å². The summed E-state index contributed by atoms with van der Waals surface area (Å²) in [7, 11) is 0. The average Bonchev–Trinajstić information content (AvgIpc) is 2.93. The molecule has 0 amide bonds. The van der Waals surface area contributed by atoms with Crippen LogP contribution >= 0.6 is 0 Å². The van der Waals surface area contributed by atoms with Gasteiger partial charge >= 0.3 is 5.97 Å². The van der Waals surface area contributed by atoms with Gasteiger partial charge in [-0.05, 0) is 12.8 Å². The maximum atomic E-state index is 12.4. The van der Waals surface area contributed by atoms with E-state index in [1.54, 1.807) is 0 Å². The molecule has 2 unspecified atom stereocenters. The molecule has 0 aliphatic carbocycles. The van der Waals surface area contributed by atoms with Crippen molar-refractivity contribution in [1.82, 2.24) is 10.6 Å². The van der Waals surface area contributed by atoms with Crippen LogP contribution < -0.4 is 10.6 Å². The van der Waals surface area contributed by atoms with Gasteiger partial charge in [-0.15, -0.1) is 0 Å². The van der Waals surface area contributed by atoms with E-state index in [1.165, 1.54) is 32.1 Å². The standard InChI is InChI=1S/C18H34N2O3/c1-3-4-5-6-7-8-9-15(2)16(21)23-17-18(10-11-20-17)14-19-12-13-22-18/h15,17,19-20H,3-14H2,1-2H3/t15?,17?,18-/m0/s1. The van der Waals surface area contributed by atoms with E-state index in [0.29, 0.717) is 6.61 Å². The lowest BCUT2D eigenvalue weighted by Crippen LogP contribution is -2.58. The zero-order valence-corrected chi connectivity index (χ0v) is 14.9. The third kappa shape index (κ3) is 5.44. The molecule has 134 valence electrons. The molecule has 0 radical (unpaired) electrons. The van der Waals surface area contributed by atoms with Crippen LogP contribution in [0, 0.1) is 5.92 Å². The van der Waals surface area contributed by atoms with E-state index in [0.717, 1.165) is 38.9 Å². The van der Waals surface area contributed by atoms with Gasteiger partial charge < -0.3 is 14.8 Å². The Bertz CT molecular complexity index is 356. The van der Waals surface area contributed by atoms with Crippen molar-refractivity contribution < 1.29 is 14.3 Å². The van der Waals surface area contributed by atoms with E-state index >= 15 is 0 Å². The first kappa shape index (κ1) is 18.7. The maximum absolute atomic E-state index is 12.4. The van der Waals surface area contributed by atoms with Crippen molar-refractivity contribution in [1.29, 1.82) is 0 Å². The molecule has 0 bridgehead atoms. The van der Waals surface area contributed by atoms with Gasteiger partial charge in [0.1, 0.15) is 5.60 Å². The van der Waals surface area contributed by atoms with Crippen LogP contribution in [0.3, 0.4) is 0 Å². The largest absolute Gasteiger partial charge is 0.443 e. The number of esters is 1. The summed E-state index contributed by atoms with van der Waals surface area (Å²) in [6, 6.07) is 0. The number of ether oxygens (including phenoxy) is 2. The van der Waals surface area contributed by atoms with E-state index in [9.17, 15) is 4.79 Å². The highest BCUT2D eigenvalue weighted by molar-refractivity contribution is 5.72. The first-order valence-corrected chi connectivity index (χ1v) is 9.46. The Morgan fingerprint density at radius 2 is 2.04 bits per heavy atom. The van der Waals surface area contributed by atoms with Gasteiger partial charge in [0, 0.05) is 19.6 Å². The van der Waals surface area contributed by atoms with Crippen LogP contribution in [0.25, 0.3) is 0 Å². The molecule has 0 saturated carbocycles. The highest BCUT2D eigenvalue weighted by Gasteiger charge is 2.47. The van der Waals surface area contributed by atoms with E-state index in [-0.39, 0.29) is 23.7 Å². The van der Waals surface area contributed by atoms with Crippen LogP contribution in [-0.2, 0) is 14.3 Å². The third-order valence-electron chi connectivity index (χ3n) is 5.08. The fraction of sp³-hybridized carbons (Fsp3) is 0.944. The van der Waals surface area contributed by atoms with Gasteiger partial charge in [0.2, 0.25) is 0 Å². The SMILES string of the molecule is CCCCCCCCC(C)C(=O)OC1NCC[C@]12CNCCO2. The number of unbranched alkanes of at least 4 members (excludes halogenated alkanes) is 5. The zero-order valence-electron chi connectivity index (χ0n) is 14.9. The Labute approximate surface area is 140 Å². The second-order valence-corrected chi connectivity index (χ2v) is 7.07. The van der Waals surface area contributed by atoms with Gasteiger partial charge in [-0.1, -0.05) is 52.4 Å². The summed E-state index contributed by atoms with van der Waals surface area (Å²) in [4.78, 5) is 12.4. The molecule has 2 fully saturated rings. The normalized spacial score (nSPS) is 28.9. The Balaban J connectivity index is 1.68. The summed E-state index contributed by atoms with van der Waals surface area (Å²) in [5, 5.41) is 6.64. The minimum absolute atomic E-state index is 0.0304. The first-order valence-electron chi connectivity index (χ1n) is 9.46. The lowest BCUT2D eigenvalue weighted by atomic mass is 9.99. The fourth-order valence-corrected chi connectivity index (χ4v) is 3.47. The van der Waals surface area contributed by atoms with Crippen LogP contribution in [0.15, 0.2) is 0 Å². The third-order valence-corrected chi connectivity index (χ3v) is 5.08. The summed E-state index contributed by atoms with van der Waals surface area (Å²) in [6.45, 7) is 7.36. The fourth-order valence-electron chi connectivity index (χ4n) is 3.47. The molecule has 0 aromatic heterocycles. The molecule has 5 heteroatoms. The van der Waals surface area contributed by atoms with Crippen LogP contribution in [0.2, 0.25) is 0 Å². The van der Waals surface area contributed by atoms with Crippen molar-refractivity contribution in [2.45, 2.75) is 77.0 Å². The highest BCUT2D eigenvalue weighted by Crippen LogP contribution is 2.28. The minimum Gasteiger partial charge on any atom is -0.443 e. The van der Waals surface area contributed by atoms with E-state index < -0.39 is 0 Å². The molecule has 5 nitrogen and oxygen atoms in total. The molecule has 2 heterocycles. The molecule has 0 aromatic carbocycles. The van der Waals surface area contributed by atoms with Crippen molar-refractivity contribution in [3.8, 4) is 0 Å². The van der Waals surface area contributed by atoms with Crippen molar-refractivity contribution in [3.05, 3.63) is 0 Å². The number of carbonyl (C=O) groups is 1. The van der Waals surface area contributed by atoms with Gasteiger partial charge in [0.05, 0.1) is 12.5 Å². The van der Waals surface area contributed by atoms with Crippen molar-refractivity contribution >= 4 is 5.97 Å². The van der Waals surface area contributed by atoms with Crippen molar-refractivity contribution in [2.24, 2.45) is 5.92 Å². The van der Waals surface area contributed by atoms with Gasteiger partial charge in [-0.2, -0.15) is 0 Å². The summed E-state index contributed by atoms with van der Waals surface area (Å²) < 4.78 is 11.7. The topological polar surface area (TPSA) is 59.6 Å². The predicted molar refractivity (Wildman–Crippen MR) is 91.2 cm³/mol. The van der Waals surface area contributed by atoms with Crippen LogP contribution in [0.1, 0.15) is 65.2 Å². The van der Waals surface area contributed by atoms with Crippen molar-refractivity contribution in [2.75, 3.05) is 26.2 Å². The van der Waals surface area contributed by atoms with Gasteiger partial charge in [0.15, 0.2) is 6.23 Å². The number of hydrogen-bond donors (Lipinski definition) is 2. The zero-order chi connectivity index (χ0) is 16.5. The monoisotopic (exact) mass is 326 g/mol. The number of morpholine rings is 1. The second kappa shape index (κ2) is 9.60. The molecule has 3 atom stereocenters. The van der Waals surface area contributed by atoms with Gasteiger partial charge in [-0.25, -0.2) is 0 Å². The molecule has 2 aliphatic heterocycles.